The summed E-state index contributed by atoms with van der Waals surface area (Å²) in [4.78, 5) is 32.2. The Bertz CT molecular complexity index is 1250. The van der Waals surface area contributed by atoms with Crippen LogP contribution >= 0.6 is 23.4 Å². The Morgan fingerprint density at radius 1 is 1.33 bits per heavy atom. The lowest BCUT2D eigenvalue weighted by Gasteiger charge is -2.30. The first-order valence-electron chi connectivity index (χ1n) is 10.6. The van der Waals surface area contributed by atoms with E-state index in [0.29, 0.717) is 58.8 Å². The van der Waals surface area contributed by atoms with Crippen LogP contribution < -0.4 is 15.0 Å². The average Bonchev–Trinajstić information content (AvgIpc) is 2.82. The summed E-state index contributed by atoms with van der Waals surface area (Å²) in [5, 5.41) is 1.42. The van der Waals surface area contributed by atoms with Crippen molar-refractivity contribution in [1.82, 2.24) is 14.5 Å². The lowest BCUT2D eigenvalue weighted by Crippen LogP contribution is -2.44. The molecule has 3 aromatic rings. The molecule has 0 saturated heterocycles. The molecular weight excluding hydrogens is 462 g/mol. The van der Waals surface area contributed by atoms with E-state index in [9.17, 15) is 9.59 Å². The van der Waals surface area contributed by atoms with Crippen LogP contribution in [0.5, 0.6) is 11.5 Å². The maximum Gasteiger partial charge on any atom is 0.262 e. The molecule has 0 aliphatic carbocycles. The molecule has 0 bridgehead atoms. The predicted octanol–water partition coefficient (Wildman–Crippen LogP) is 4.02. The number of hydrogen-bond donors (Lipinski definition) is 0. The molecule has 1 atom stereocenters. The number of fused-ring (bicyclic) bond motifs is 2. The van der Waals surface area contributed by atoms with Crippen molar-refractivity contribution in [2.24, 2.45) is 0 Å². The van der Waals surface area contributed by atoms with Crippen molar-refractivity contribution in [3.8, 4) is 11.5 Å². The molecule has 172 valence electrons. The molecule has 1 amide bonds. The Balaban J connectivity index is 1.47. The number of nitrogens with zero attached hydrogens (tertiary/aromatic N) is 3. The molecule has 9 heteroatoms. The van der Waals surface area contributed by atoms with Crippen LogP contribution in [0.3, 0.4) is 0 Å². The van der Waals surface area contributed by atoms with E-state index in [1.54, 1.807) is 29.2 Å². The van der Waals surface area contributed by atoms with Gasteiger partial charge in [0.15, 0.2) is 22.8 Å². The first-order valence-corrected chi connectivity index (χ1v) is 12.0. The zero-order valence-corrected chi connectivity index (χ0v) is 19.8. The van der Waals surface area contributed by atoms with Crippen molar-refractivity contribution in [2.75, 3.05) is 25.4 Å². The van der Waals surface area contributed by atoms with E-state index in [2.05, 4.69) is 11.6 Å². The maximum atomic E-state index is 13.0. The maximum absolute atomic E-state index is 13.0. The molecule has 0 N–H and O–H groups in total. The summed E-state index contributed by atoms with van der Waals surface area (Å²) in [7, 11) is 0. The normalized spacial score (nSPS) is 14.8. The van der Waals surface area contributed by atoms with Crippen LogP contribution in [-0.4, -0.2) is 51.9 Å². The van der Waals surface area contributed by atoms with Crippen molar-refractivity contribution in [3.63, 3.8) is 0 Å². The number of halogens is 1. The van der Waals surface area contributed by atoms with Gasteiger partial charge in [-0.2, -0.15) is 0 Å². The summed E-state index contributed by atoms with van der Waals surface area (Å²) in [6.07, 6.45) is 1.38. The highest BCUT2D eigenvalue weighted by molar-refractivity contribution is 7.99. The second kappa shape index (κ2) is 10.3. The number of carbonyl (C=O) groups is 1. The highest BCUT2D eigenvalue weighted by atomic mass is 35.5. The first kappa shape index (κ1) is 23.2. The second-order valence-corrected chi connectivity index (χ2v) is 8.86. The quantitative estimate of drug-likeness (QED) is 0.272. The fourth-order valence-corrected chi connectivity index (χ4v) is 4.68. The summed E-state index contributed by atoms with van der Waals surface area (Å²) < 4.78 is 13.3. The van der Waals surface area contributed by atoms with E-state index in [1.807, 2.05) is 31.2 Å². The minimum atomic E-state index is -0.256. The lowest BCUT2D eigenvalue weighted by atomic mass is 10.2. The summed E-state index contributed by atoms with van der Waals surface area (Å²) in [6, 6.07) is 12.5. The van der Waals surface area contributed by atoms with Gasteiger partial charge in [0.25, 0.3) is 5.56 Å². The van der Waals surface area contributed by atoms with Gasteiger partial charge in [-0.1, -0.05) is 41.6 Å². The molecule has 0 spiro atoms. The molecular formula is C24H24ClN3O4S. The molecule has 1 aliphatic rings. The van der Waals surface area contributed by atoms with E-state index in [0.717, 1.165) is 0 Å². The number of carbonyl (C=O) groups excluding carboxylic acids is 1. The van der Waals surface area contributed by atoms with Gasteiger partial charge < -0.3 is 14.4 Å². The van der Waals surface area contributed by atoms with Crippen LogP contribution in [-0.2, 0) is 11.3 Å². The van der Waals surface area contributed by atoms with Crippen LogP contribution in [0.1, 0.15) is 6.92 Å². The number of aromatic nitrogens is 2. The zero-order valence-electron chi connectivity index (χ0n) is 18.2. The van der Waals surface area contributed by atoms with Gasteiger partial charge >= 0.3 is 0 Å². The third kappa shape index (κ3) is 5.17. The van der Waals surface area contributed by atoms with Gasteiger partial charge in [0.2, 0.25) is 5.91 Å². The molecule has 1 unspecified atom stereocenters. The number of thioether (sulfide) groups is 1. The van der Waals surface area contributed by atoms with Gasteiger partial charge in [-0.3, -0.25) is 14.2 Å². The number of para-hydroxylation sites is 2. The minimum absolute atomic E-state index is 0.0736. The largest absolute Gasteiger partial charge is 0.486 e. The van der Waals surface area contributed by atoms with Gasteiger partial charge in [0.05, 0.1) is 23.2 Å². The fourth-order valence-electron chi connectivity index (χ4n) is 3.60. The van der Waals surface area contributed by atoms with E-state index in [1.165, 1.54) is 16.3 Å². The molecule has 2 aromatic carbocycles. The van der Waals surface area contributed by atoms with E-state index < -0.39 is 0 Å². The van der Waals surface area contributed by atoms with Crippen LogP contribution in [0.15, 0.2) is 65.1 Å². The van der Waals surface area contributed by atoms with Crippen molar-refractivity contribution < 1.29 is 14.3 Å². The lowest BCUT2D eigenvalue weighted by molar-refractivity contribution is -0.129. The monoisotopic (exact) mass is 485 g/mol. The second-order valence-electron chi connectivity index (χ2n) is 7.48. The molecule has 0 radical (unpaired) electrons. The summed E-state index contributed by atoms with van der Waals surface area (Å²) >= 11 is 7.30. The summed E-state index contributed by atoms with van der Waals surface area (Å²) in [5.41, 5.74) is 0.312. The van der Waals surface area contributed by atoms with E-state index >= 15 is 0 Å². The fraction of sp³-hybridized carbons (Fsp3) is 0.292. The van der Waals surface area contributed by atoms with Gasteiger partial charge in [-0.25, -0.2) is 4.98 Å². The Labute approximate surface area is 201 Å². The SMILES string of the molecule is C=CCn1c(SCC(=O)N(CC)CC2COc3ccccc3O2)nc2cc(Cl)ccc2c1=O. The third-order valence-electron chi connectivity index (χ3n) is 5.24. The molecule has 1 aromatic heterocycles. The van der Waals surface area contributed by atoms with E-state index in [4.69, 9.17) is 21.1 Å². The molecule has 33 heavy (non-hydrogen) atoms. The number of likely N-dealkylation sites (N-methyl/N-ethyl adjacent to an activating group) is 1. The van der Waals surface area contributed by atoms with Crippen LogP contribution in [0, 0.1) is 0 Å². The Morgan fingerprint density at radius 3 is 2.88 bits per heavy atom. The van der Waals surface area contributed by atoms with Crippen LogP contribution in [0.2, 0.25) is 5.02 Å². The number of hydrogen-bond acceptors (Lipinski definition) is 6. The van der Waals surface area contributed by atoms with E-state index in [-0.39, 0.29) is 23.3 Å². The number of rotatable bonds is 8. The number of ether oxygens (including phenoxy) is 2. The smallest absolute Gasteiger partial charge is 0.262 e. The Morgan fingerprint density at radius 2 is 2.12 bits per heavy atom. The number of amides is 1. The molecule has 0 fully saturated rings. The highest BCUT2D eigenvalue weighted by Gasteiger charge is 2.25. The molecule has 1 aliphatic heterocycles. The van der Waals surface area contributed by atoms with Gasteiger partial charge in [0.1, 0.15) is 6.61 Å². The summed E-state index contributed by atoms with van der Waals surface area (Å²) in [5.74, 6) is 1.45. The van der Waals surface area contributed by atoms with Crippen molar-refractivity contribution in [1.29, 1.82) is 0 Å². The standard InChI is InChI=1S/C24H24ClN3O4S/c1-3-11-28-23(30)18-10-9-16(25)12-19(18)26-24(28)33-15-22(29)27(4-2)13-17-14-31-20-7-5-6-8-21(20)32-17/h3,5-10,12,17H,1,4,11,13-15H2,2H3. The third-order valence-corrected chi connectivity index (χ3v) is 6.44. The van der Waals surface area contributed by atoms with Crippen molar-refractivity contribution >= 4 is 40.2 Å². The van der Waals surface area contributed by atoms with Crippen LogP contribution in [0.4, 0.5) is 0 Å². The average molecular weight is 486 g/mol. The number of allylic oxidation sites excluding steroid dienone is 1. The molecule has 4 rings (SSSR count). The highest BCUT2D eigenvalue weighted by Crippen LogP contribution is 2.31. The first-order chi connectivity index (χ1) is 16.0. The van der Waals surface area contributed by atoms with Gasteiger partial charge in [-0.05, 0) is 37.3 Å². The van der Waals surface area contributed by atoms with Gasteiger partial charge in [0, 0.05) is 18.1 Å². The molecule has 7 nitrogen and oxygen atoms in total. The Hall–Kier alpha value is -2.97. The molecule has 2 heterocycles. The van der Waals surface area contributed by atoms with Crippen molar-refractivity contribution in [3.05, 3.63) is 70.5 Å². The topological polar surface area (TPSA) is 73.7 Å². The Kier molecular flexibility index (Phi) is 7.25. The molecule has 0 saturated carbocycles. The number of benzene rings is 2. The zero-order chi connectivity index (χ0) is 23.4. The predicted molar refractivity (Wildman–Crippen MR) is 131 cm³/mol. The van der Waals surface area contributed by atoms with Crippen molar-refractivity contribution in [2.45, 2.75) is 24.7 Å². The van der Waals surface area contributed by atoms with Gasteiger partial charge in [-0.15, -0.1) is 6.58 Å². The summed E-state index contributed by atoms with van der Waals surface area (Å²) in [6.45, 7) is 7.26. The minimum Gasteiger partial charge on any atom is -0.486 e. The van der Waals surface area contributed by atoms with Crippen LogP contribution in [0.25, 0.3) is 10.9 Å².